The van der Waals surface area contributed by atoms with Crippen LogP contribution in [0, 0.1) is 5.41 Å². The van der Waals surface area contributed by atoms with Crippen LogP contribution >= 0.6 is 0 Å². The molecule has 0 aliphatic heterocycles. The van der Waals surface area contributed by atoms with E-state index in [4.69, 9.17) is 4.74 Å². The Morgan fingerprint density at radius 2 is 1.43 bits per heavy atom. The van der Waals surface area contributed by atoms with E-state index in [2.05, 4.69) is 78.9 Å². The average molecular weight is 587 g/mol. The minimum Gasteiger partial charge on any atom is -0.469 e. The number of methoxy groups -OCH3 is 1. The number of allylic oxidation sites excluding steroid dienone is 3. The number of benzene rings is 7. The molecule has 0 heterocycles. The Morgan fingerprint density at radius 3 is 2.24 bits per heavy atom. The van der Waals surface area contributed by atoms with E-state index in [9.17, 15) is 4.79 Å². The number of carbonyl (C=O) groups excluding carboxylic acids is 1. The third-order valence-corrected chi connectivity index (χ3v) is 14.1. The van der Waals surface area contributed by atoms with Crippen molar-refractivity contribution in [3.05, 3.63) is 117 Å². The minimum absolute atomic E-state index is 0.108. The summed E-state index contributed by atoms with van der Waals surface area (Å²) >= 11 is 0. The molecule has 6 aliphatic carbocycles. The molecule has 14 rings (SSSR count). The fourth-order valence-corrected chi connectivity index (χ4v) is 13.1. The molecule has 1 unspecified atom stereocenters. The van der Waals surface area contributed by atoms with Gasteiger partial charge in [-0.15, -0.1) is 0 Å². The summed E-state index contributed by atoms with van der Waals surface area (Å²) in [5.74, 6) is -0.108. The second-order valence-corrected chi connectivity index (χ2v) is 15.3. The number of esters is 1. The minimum atomic E-state index is -0.181. The molecule has 6 aliphatic rings. The first-order chi connectivity index (χ1) is 22.6. The van der Waals surface area contributed by atoms with Crippen LogP contribution in [-0.2, 0) is 33.2 Å². The van der Waals surface area contributed by atoms with Crippen LogP contribution in [0.15, 0.2) is 72.8 Å². The summed E-state index contributed by atoms with van der Waals surface area (Å²) in [6.07, 6.45) is 12.1. The van der Waals surface area contributed by atoms with Crippen LogP contribution in [0.25, 0.3) is 76.3 Å². The molecule has 0 radical (unpaired) electrons. The van der Waals surface area contributed by atoms with Crippen LogP contribution in [0.4, 0.5) is 0 Å². The first-order valence-electron chi connectivity index (χ1n) is 17.0. The molecule has 1 spiro atoms. The van der Waals surface area contributed by atoms with Crippen molar-refractivity contribution in [2.24, 2.45) is 5.41 Å². The van der Waals surface area contributed by atoms with Crippen molar-refractivity contribution in [2.75, 3.05) is 7.11 Å². The Morgan fingerprint density at radius 1 is 0.739 bits per heavy atom. The molecule has 0 amide bonds. The molecule has 46 heavy (non-hydrogen) atoms. The van der Waals surface area contributed by atoms with Crippen LogP contribution in [0.3, 0.4) is 0 Å². The normalized spacial score (nSPS) is 26.4. The Labute approximate surface area is 263 Å². The van der Waals surface area contributed by atoms with Gasteiger partial charge in [-0.05, 0) is 140 Å². The molecular formula is C44H26O2. The number of rotatable bonds is 5. The maximum absolute atomic E-state index is 12.6. The lowest BCUT2D eigenvalue weighted by Gasteiger charge is -2.31. The summed E-state index contributed by atoms with van der Waals surface area (Å²) in [6.45, 7) is 0. The smallest absolute Gasteiger partial charge is 0.305 e. The SMILES string of the molecule is COC(=O)CCC[C@@]1(c2ccccc2)C23c4c5cc6c7c4c4c2c2c8c(cc9ccc%10cc(c7c7c%10c9c8c47)C6)CC2=C[C@]31C=C5. The predicted molar refractivity (Wildman–Crippen MR) is 186 cm³/mol. The van der Waals surface area contributed by atoms with Crippen LogP contribution in [0.1, 0.15) is 63.8 Å². The summed E-state index contributed by atoms with van der Waals surface area (Å²) in [6, 6.07) is 23.8. The maximum atomic E-state index is 12.6. The van der Waals surface area contributed by atoms with Gasteiger partial charge < -0.3 is 4.74 Å². The monoisotopic (exact) mass is 586 g/mol. The zero-order valence-electron chi connectivity index (χ0n) is 25.4. The van der Waals surface area contributed by atoms with Crippen molar-refractivity contribution >= 4 is 82.3 Å². The van der Waals surface area contributed by atoms with Gasteiger partial charge in [0.05, 0.1) is 7.11 Å². The van der Waals surface area contributed by atoms with Crippen molar-refractivity contribution in [3.63, 3.8) is 0 Å². The maximum Gasteiger partial charge on any atom is 0.305 e. The molecule has 0 aromatic heterocycles. The highest BCUT2D eigenvalue weighted by Gasteiger charge is 2.89. The Kier molecular flexibility index (Phi) is 3.11. The van der Waals surface area contributed by atoms with E-state index in [1.165, 1.54) is 62.0 Å². The average Bonchev–Trinajstić information content (AvgIpc) is 3.58. The molecule has 1 fully saturated rings. The van der Waals surface area contributed by atoms with Crippen molar-refractivity contribution < 1.29 is 9.53 Å². The van der Waals surface area contributed by atoms with E-state index in [1.54, 1.807) is 59.8 Å². The molecule has 8 aromatic rings. The topological polar surface area (TPSA) is 26.3 Å². The lowest BCUT2D eigenvalue weighted by molar-refractivity contribution is -0.140. The summed E-state index contributed by atoms with van der Waals surface area (Å²) in [5.41, 5.74) is 13.1. The molecule has 2 heteroatoms. The molecule has 214 valence electrons. The fourth-order valence-electron chi connectivity index (χ4n) is 13.1. The molecular weight excluding hydrogens is 560 g/mol. The molecule has 2 nitrogen and oxygen atoms in total. The van der Waals surface area contributed by atoms with E-state index in [1.807, 2.05) is 0 Å². The van der Waals surface area contributed by atoms with E-state index in [-0.39, 0.29) is 22.2 Å². The van der Waals surface area contributed by atoms with E-state index in [0.717, 1.165) is 25.7 Å². The number of hydrogen-bond acceptors (Lipinski definition) is 2. The lowest BCUT2D eigenvalue weighted by atomic mass is 9.70. The van der Waals surface area contributed by atoms with Gasteiger partial charge in [0.25, 0.3) is 0 Å². The second kappa shape index (κ2) is 6.35. The first-order valence-corrected chi connectivity index (χ1v) is 17.0. The summed E-state index contributed by atoms with van der Waals surface area (Å²) in [7, 11) is 1.52. The quantitative estimate of drug-likeness (QED) is 0.148. The van der Waals surface area contributed by atoms with Gasteiger partial charge in [0, 0.05) is 22.7 Å². The number of hydrogen-bond donors (Lipinski definition) is 0. The largest absolute Gasteiger partial charge is 0.469 e. The van der Waals surface area contributed by atoms with Gasteiger partial charge in [-0.3, -0.25) is 4.79 Å². The molecule has 1 saturated carbocycles. The van der Waals surface area contributed by atoms with E-state index >= 15 is 0 Å². The first kappa shape index (κ1) is 22.5. The van der Waals surface area contributed by atoms with Crippen molar-refractivity contribution in [1.29, 1.82) is 0 Å². The molecule has 3 atom stereocenters. The third kappa shape index (κ3) is 1.76. The van der Waals surface area contributed by atoms with Gasteiger partial charge in [0.1, 0.15) is 0 Å². The Bertz CT molecular complexity index is 2940. The highest BCUT2D eigenvalue weighted by Crippen LogP contribution is 2.91. The van der Waals surface area contributed by atoms with Crippen molar-refractivity contribution in [1.82, 2.24) is 0 Å². The van der Waals surface area contributed by atoms with Gasteiger partial charge in [-0.25, -0.2) is 0 Å². The number of carbonyl (C=O) groups is 1. The van der Waals surface area contributed by atoms with Crippen LogP contribution in [0.5, 0.6) is 0 Å². The van der Waals surface area contributed by atoms with Crippen LogP contribution < -0.4 is 0 Å². The predicted octanol–water partition coefficient (Wildman–Crippen LogP) is 9.68. The highest BCUT2D eigenvalue weighted by molar-refractivity contribution is 6.52. The highest BCUT2D eigenvalue weighted by atomic mass is 16.5. The van der Waals surface area contributed by atoms with E-state index in [0.29, 0.717) is 6.42 Å². The van der Waals surface area contributed by atoms with Crippen LogP contribution in [0.2, 0.25) is 0 Å². The second-order valence-electron chi connectivity index (χ2n) is 15.3. The van der Waals surface area contributed by atoms with Gasteiger partial charge >= 0.3 is 5.97 Å². The van der Waals surface area contributed by atoms with Crippen molar-refractivity contribution in [2.45, 2.75) is 42.9 Å². The van der Waals surface area contributed by atoms with Crippen LogP contribution in [-0.4, -0.2) is 13.1 Å². The van der Waals surface area contributed by atoms with Gasteiger partial charge in [-0.1, -0.05) is 78.9 Å². The molecule has 0 N–H and O–H groups in total. The van der Waals surface area contributed by atoms with Gasteiger partial charge in [-0.2, -0.15) is 0 Å². The fraction of sp³-hybridized carbons (Fsp3) is 0.205. The summed E-state index contributed by atoms with van der Waals surface area (Å²) in [5, 5.41) is 18.2. The number of ether oxygens (including phenoxy) is 1. The summed E-state index contributed by atoms with van der Waals surface area (Å²) < 4.78 is 5.17. The Hall–Kier alpha value is -4.95. The van der Waals surface area contributed by atoms with Gasteiger partial charge in [0.2, 0.25) is 0 Å². The lowest BCUT2D eigenvalue weighted by Crippen LogP contribution is -2.25. The summed E-state index contributed by atoms with van der Waals surface area (Å²) in [4.78, 5) is 12.6. The Balaban J connectivity index is 1.27. The zero-order chi connectivity index (χ0) is 29.6. The zero-order valence-corrected chi connectivity index (χ0v) is 25.4. The standard InChI is InChI=1S/C44H26O2/c1-46-28(45)8-5-12-43(27-6-3-2-4-7-27)42-13-11-22-16-25-17-23-14-20-9-10-21-15-24-18-26(19-42)34-33(24)36-30(21)29(20)35-31(23)32(25)38-39(37(35)36)41(34)44(42,43)40(22)38/h2-4,6-7,9-11,13-16,19H,5,8,12,17-18H2,1H3/t42-,43-,44?/m0/s1. The third-order valence-electron chi connectivity index (χ3n) is 14.1. The molecule has 0 saturated heterocycles. The molecule has 0 bridgehead atoms. The van der Waals surface area contributed by atoms with E-state index < -0.39 is 0 Å². The molecule has 8 aromatic carbocycles. The van der Waals surface area contributed by atoms with Gasteiger partial charge in [0.15, 0.2) is 0 Å². The van der Waals surface area contributed by atoms with Crippen molar-refractivity contribution in [3.8, 4) is 0 Å².